The number of likely N-dealkylation sites (tertiary alicyclic amines) is 1. The van der Waals surface area contributed by atoms with Crippen LogP contribution in [0, 0.1) is 5.92 Å². The largest absolute Gasteiger partial charge is 0.486 e. The van der Waals surface area contributed by atoms with Gasteiger partial charge in [-0.15, -0.1) is 0 Å². The molecule has 1 saturated heterocycles. The number of aliphatic carboxylic acids is 1. The molecule has 0 radical (unpaired) electrons. The van der Waals surface area contributed by atoms with Crippen molar-refractivity contribution in [3.8, 4) is 11.5 Å². The van der Waals surface area contributed by atoms with E-state index in [-0.39, 0.29) is 17.0 Å². The fourth-order valence-electron chi connectivity index (χ4n) is 3.83. The molecule has 1 fully saturated rings. The van der Waals surface area contributed by atoms with E-state index in [1.165, 1.54) is 29.2 Å². The van der Waals surface area contributed by atoms with Gasteiger partial charge in [-0.25, -0.2) is 0 Å². The van der Waals surface area contributed by atoms with Gasteiger partial charge < -0.3 is 19.5 Å². The van der Waals surface area contributed by atoms with Crippen molar-refractivity contribution in [2.75, 3.05) is 26.3 Å². The lowest BCUT2D eigenvalue weighted by Crippen LogP contribution is -2.41. The lowest BCUT2D eigenvalue weighted by molar-refractivity contribution is -0.145. The minimum atomic E-state index is -4.59. The van der Waals surface area contributed by atoms with Crippen molar-refractivity contribution in [3.63, 3.8) is 0 Å². The number of halogens is 3. The van der Waals surface area contributed by atoms with Gasteiger partial charge in [-0.2, -0.15) is 13.2 Å². The summed E-state index contributed by atoms with van der Waals surface area (Å²) >= 11 is 0.962. The molecule has 0 unspecified atom stereocenters. The quantitative estimate of drug-likeness (QED) is 0.594. The van der Waals surface area contributed by atoms with Crippen molar-refractivity contribution in [2.45, 2.75) is 28.8 Å². The third-order valence-corrected chi connectivity index (χ3v) is 6.62. The summed E-state index contributed by atoms with van der Waals surface area (Å²) < 4.78 is 52.4. The molecule has 2 aliphatic heterocycles. The number of amides is 1. The number of nitrogens with zero attached hydrogens (tertiary/aromatic N) is 1. The van der Waals surface area contributed by atoms with Crippen LogP contribution in [0.3, 0.4) is 0 Å². The standard InChI is InChI=1S/C24H22F3NO5S/c25-24(26,27)18-12-15(4-8-22(29)28-9-1-2-16(14-28)23(30)31)3-7-21(18)34-17-5-6-19-20(13-17)33-11-10-32-19/h3-8,12-13,16H,1-2,9-11,14H2,(H,30,31)/b8-4+/t16-/m1/s1. The van der Waals surface area contributed by atoms with Crippen LogP contribution in [0.4, 0.5) is 13.2 Å². The fourth-order valence-corrected chi connectivity index (χ4v) is 4.80. The molecule has 2 aliphatic rings. The maximum atomic E-state index is 13.8. The third-order valence-electron chi connectivity index (χ3n) is 5.55. The Labute approximate surface area is 198 Å². The monoisotopic (exact) mass is 493 g/mol. The molecule has 0 aliphatic carbocycles. The average Bonchev–Trinajstić information content (AvgIpc) is 2.82. The van der Waals surface area contributed by atoms with Crippen molar-refractivity contribution >= 4 is 29.7 Å². The SMILES string of the molecule is O=C(O)[C@@H]1CCCN(C(=O)/C=C/c2ccc(Sc3ccc4c(c3)OCCO4)c(C(F)(F)F)c2)C1. The van der Waals surface area contributed by atoms with Gasteiger partial charge >= 0.3 is 12.1 Å². The van der Waals surface area contributed by atoms with E-state index >= 15 is 0 Å². The van der Waals surface area contributed by atoms with Gasteiger partial charge in [-0.3, -0.25) is 9.59 Å². The lowest BCUT2D eigenvalue weighted by atomic mass is 9.98. The predicted octanol–water partition coefficient (Wildman–Crippen LogP) is 4.96. The Morgan fingerprint density at radius 3 is 2.59 bits per heavy atom. The van der Waals surface area contributed by atoms with Crippen LogP contribution in [0.5, 0.6) is 11.5 Å². The molecule has 10 heteroatoms. The molecule has 4 rings (SSSR count). The second-order valence-corrected chi connectivity index (χ2v) is 9.07. The van der Waals surface area contributed by atoms with Crippen molar-refractivity contribution < 1.29 is 37.3 Å². The summed E-state index contributed by atoms with van der Waals surface area (Å²) in [6.07, 6.45) is -1.01. The normalized spacial score (nSPS) is 18.2. The molecule has 0 bridgehead atoms. The first-order valence-electron chi connectivity index (χ1n) is 10.7. The summed E-state index contributed by atoms with van der Waals surface area (Å²) in [5.74, 6) is -0.956. The van der Waals surface area contributed by atoms with Crippen molar-refractivity contribution in [2.24, 2.45) is 5.92 Å². The number of ether oxygens (including phenoxy) is 2. The first-order chi connectivity index (χ1) is 16.2. The van der Waals surface area contributed by atoms with E-state index < -0.39 is 29.5 Å². The van der Waals surface area contributed by atoms with E-state index in [0.717, 1.165) is 17.8 Å². The number of benzene rings is 2. The van der Waals surface area contributed by atoms with Crippen molar-refractivity contribution in [3.05, 3.63) is 53.6 Å². The van der Waals surface area contributed by atoms with Crippen LogP contribution in [0.15, 0.2) is 52.3 Å². The van der Waals surface area contributed by atoms with E-state index in [1.807, 2.05) is 0 Å². The van der Waals surface area contributed by atoms with Crippen LogP contribution in [-0.2, 0) is 15.8 Å². The summed E-state index contributed by atoms with van der Waals surface area (Å²) in [6, 6.07) is 8.87. The summed E-state index contributed by atoms with van der Waals surface area (Å²) in [6.45, 7) is 1.32. The molecular formula is C24H22F3NO5S. The van der Waals surface area contributed by atoms with Crippen LogP contribution >= 0.6 is 11.8 Å². The smallest absolute Gasteiger partial charge is 0.417 e. The molecule has 2 aromatic carbocycles. The van der Waals surface area contributed by atoms with Gasteiger partial charge in [0.2, 0.25) is 5.91 Å². The third kappa shape index (κ3) is 5.67. The number of piperidine rings is 1. The fraction of sp³-hybridized carbons (Fsp3) is 0.333. The number of carbonyl (C=O) groups is 2. The molecular weight excluding hydrogens is 471 g/mol. The van der Waals surface area contributed by atoms with Crippen LogP contribution in [-0.4, -0.2) is 48.2 Å². The Bertz CT molecular complexity index is 1120. The van der Waals surface area contributed by atoms with Gasteiger partial charge in [0.25, 0.3) is 0 Å². The second kappa shape index (κ2) is 10.0. The molecule has 0 spiro atoms. The minimum Gasteiger partial charge on any atom is -0.486 e. The first-order valence-corrected chi connectivity index (χ1v) is 11.5. The number of fused-ring (bicyclic) bond motifs is 1. The van der Waals surface area contributed by atoms with E-state index in [4.69, 9.17) is 14.6 Å². The number of carbonyl (C=O) groups excluding carboxylic acids is 1. The molecule has 34 heavy (non-hydrogen) atoms. The highest BCUT2D eigenvalue weighted by Gasteiger charge is 2.34. The molecule has 1 atom stereocenters. The van der Waals surface area contributed by atoms with Gasteiger partial charge in [0.1, 0.15) is 13.2 Å². The van der Waals surface area contributed by atoms with Gasteiger partial charge in [0.05, 0.1) is 11.5 Å². The van der Waals surface area contributed by atoms with Gasteiger partial charge in [0, 0.05) is 29.0 Å². The van der Waals surface area contributed by atoms with Gasteiger partial charge in [-0.05, 0) is 54.8 Å². The molecule has 2 aromatic rings. The first kappa shape index (κ1) is 24.0. The topological polar surface area (TPSA) is 76.1 Å². The number of hydrogen-bond donors (Lipinski definition) is 1. The van der Waals surface area contributed by atoms with E-state index in [0.29, 0.717) is 49.0 Å². The molecule has 1 N–H and O–H groups in total. The number of carboxylic acid groups (broad SMARTS) is 1. The average molecular weight is 494 g/mol. The number of alkyl halides is 3. The van der Waals surface area contributed by atoms with Crippen molar-refractivity contribution in [1.29, 1.82) is 0 Å². The predicted molar refractivity (Wildman–Crippen MR) is 119 cm³/mol. The van der Waals surface area contributed by atoms with Crippen LogP contribution in [0.25, 0.3) is 6.08 Å². The van der Waals surface area contributed by atoms with E-state index in [9.17, 15) is 22.8 Å². The lowest BCUT2D eigenvalue weighted by Gasteiger charge is -2.29. The number of hydrogen-bond acceptors (Lipinski definition) is 5. The molecule has 0 aromatic heterocycles. The van der Waals surface area contributed by atoms with Crippen LogP contribution in [0.2, 0.25) is 0 Å². The Hall–Kier alpha value is -3.14. The maximum Gasteiger partial charge on any atom is 0.417 e. The summed E-state index contributed by atoms with van der Waals surface area (Å²) in [7, 11) is 0. The zero-order chi connectivity index (χ0) is 24.3. The second-order valence-electron chi connectivity index (χ2n) is 7.96. The zero-order valence-electron chi connectivity index (χ0n) is 18.0. The number of carboxylic acids is 1. The minimum absolute atomic E-state index is 0.0213. The van der Waals surface area contributed by atoms with Gasteiger partial charge in [0.15, 0.2) is 11.5 Å². The Balaban J connectivity index is 1.52. The van der Waals surface area contributed by atoms with Crippen molar-refractivity contribution in [1.82, 2.24) is 4.90 Å². The maximum absolute atomic E-state index is 13.8. The highest BCUT2D eigenvalue weighted by atomic mass is 32.2. The van der Waals surface area contributed by atoms with Crippen LogP contribution < -0.4 is 9.47 Å². The molecule has 6 nitrogen and oxygen atoms in total. The Morgan fingerprint density at radius 2 is 1.85 bits per heavy atom. The van der Waals surface area contributed by atoms with E-state index in [1.54, 1.807) is 18.2 Å². The summed E-state index contributed by atoms with van der Waals surface area (Å²) in [4.78, 5) is 25.6. The highest BCUT2D eigenvalue weighted by molar-refractivity contribution is 7.99. The molecule has 1 amide bonds. The Morgan fingerprint density at radius 1 is 1.09 bits per heavy atom. The Kier molecular flexibility index (Phi) is 7.06. The van der Waals surface area contributed by atoms with Crippen LogP contribution in [0.1, 0.15) is 24.0 Å². The molecule has 180 valence electrons. The number of rotatable bonds is 5. The molecule has 2 heterocycles. The summed E-state index contributed by atoms with van der Waals surface area (Å²) in [5.41, 5.74) is -0.593. The van der Waals surface area contributed by atoms with E-state index in [2.05, 4.69) is 0 Å². The van der Waals surface area contributed by atoms with Gasteiger partial charge in [-0.1, -0.05) is 17.8 Å². The highest BCUT2D eigenvalue weighted by Crippen LogP contribution is 2.42. The molecule has 0 saturated carbocycles. The zero-order valence-corrected chi connectivity index (χ0v) is 18.8. The summed E-state index contributed by atoms with van der Waals surface area (Å²) in [5, 5.41) is 9.16.